The van der Waals surface area contributed by atoms with E-state index in [-0.39, 0.29) is 11.7 Å². The zero-order chi connectivity index (χ0) is 19.8. The molecule has 148 valence electrons. The van der Waals surface area contributed by atoms with Gasteiger partial charge in [0, 0.05) is 49.8 Å². The number of hydrogen-bond acceptors (Lipinski definition) is 5. The molecule has 0 saturated carbocycles. The molecule has 0 bridgehead atoms. The molecule has 2 aliphatic rings. The summed E-state index contributed by atoms with van der Waals surface area (Å²) >= 11 is 0. The zero-order valence-corrected chi connectivity index (χ0v) is 16.0. The van der Waals surface area contributed by atoms with Gasteiger partial charge in [0.15, 0.2) is 5.69 Å². The van der Waals surface area contributed by atoms with Gasteiger partial charge in [0.2, 0.25) is 5.95 Å². The van der Waals surface area contributed by atoms with Gasteiger partial charge in [-0.05, 0) is 49.6 Å². The SMILES string of the molecule is O=C(c1nn(-c2ccc(F)cc2)c2c1CCC2)N1CCN(c2ncccn2)CC1. The predicted octanol–water partition coefficient (Wildman–Crippen LogP) is 2.25. The number of piperazine rings is 1. The second-order valence-electron chi connectivity index (χ2n) is 7.34. The van der Waals surface area contributed by atoms with Crippen LogP contribution in [0.25, 0.3) is 5.69 Å². The van der Waals surface area contributed by atoms with E-state index in [4.69, 9.17) is 0 Å². The third-order valence-electron chi connectivity index (χ3n) is 5.61. The number of carbonyl (C=O) groups excluding carboxylic acids is 1. The van der Waals surface area contributed by atoms with Gasteiger partial charge >= 0.3 is 0 Å². The molecule has 1 aliphatic heterocycles. The first-order valence-electron chi connectivity index (χ1n) is 9.88. The van der Waals surface area contributed by atoms with Crippen LogP contribution in [0.4, 0.5) is 10.3 Å². The van der Waals surface area contributed by atoms with Crippen LogP contribution in [-0.2, 0) is 12.8 Å². The van der Waals surface area contributed by atoms with Gasteiger partial charge in [-0.15, -0.1) is 0 Å². The average Bonchev–Trinajstić information content (AvgIpc) is 3.38. The number of benzene rings is 1. The first-order chi connectivity index (χ1) is 14.2. The lowest BCUT2D eigenvalue weighted by Gasteiger charge is -2.34. The van der Waals surface area contributed by atoms with E-state index in [1.807, 2.05) is 9.58 Å². The van der Waals surface area contributed by atoms with Crippen LogP contribution in [-0.4, -0.2) is 56.7 Å². The fraction of sp³-hybridized carbons (Fsp3) is 0.333. The van der Waals surface area contributed by atoms with Crippen LogP contribution in [0.1, 0.15) is 28.2 Å². The number of rotatable bonds is 3. The highest BCUT2D eigenvalue weighted by atomic mass is 19.1. The van der Waals surface area contributed by atoms with Crippen molar-refractivity contribution in [1.82, 2.24) is 24.6 Å². The lowest BCUT2D eigenvalue weighted by atomic mass is 10.1. The first kappa shape index (κ1) is 17.8. The molecule has 0 atom stereocenters. The van der Waals surface area contributed by atoms with Gasteiger partial charge in [-0.25, -0.2) is 19.0 Å². The third-order valence-corrected chi connectivity index (χ3v) is 5.61. The molecule has 1 fully saturated rings. The highest BCUT2D eigenvalue weighted by Gasteiger charge is 2.31. The molecule has 1 amide bonds. The summed E-state index contributed by atoms with van der Waals surface area (Å²) in [5.74, 6) is 0.382. The van der Waals surface area contributed by atoms with Gasteiger partial charge in [0.25, 0.3) is 5.91 Å². The molecule has 3 aromatic rings. The highest BCUT2D eigenvalue weighted by molar-refractivity contribution is 5.94. The van der Waals surface area contributed by atoms with Crippen molar-refractivity contribution in [3.8, 4) is 5.69 Å². The Morgan fingerprint density at radius 3 is 2.41 bits per heavy atom. The van der Waals surface area contributed by atoms with Gasteiger partial charge < -0.3 is 9.80 Å². The maximum atomic E-state index is 13.3. The van der Waals surface area contributed by atoms with Crippen molar-refractivity contribution in [3.63, 3.8) is 0 Å². The summed E-state index contributed by atoms with van der Waals surface area (Å²) in [6.07, 6.45) is 6.20. The molecule has 0 spiro atoms. The Hall–Kier alpha value is -3.29. The van der Waals surface area contributed by atoms with Crippen LogP contribution in [0.3, 0.4) is 0 Å². The molecule has 1 aliphatic carbocycles. The van der Waals surface area contributed by atoms with E-state index in [0.717, 1.165) is 36.2 Å². The summed E-state index contributed by atoms with van der Waals surface area (Å²) in [5.41, 5.74) is 3.42. The molecule has 29 heavy (non-hydrogen) atoms. The molecule has 3 heterocycles. The number of anilines is 1. The van der Waals surface area contributed by atoms with Crippen molar-refractivity contribution in [2.24, 2.45) is 0 Å². The van der Waals surface area contributed by atoms with Gasteiger partial charge in [0.1, 0.15) is 5.82 Å². The largest absolute Gasteiger partial charge is 0.337 e. The summed E-state index contributed by atoms with van der Waals surface area (Å²) in [7, 11) is 0. The van der Waals surface area contributed by atoms with Crippen LogP contribution in [0, 0.1) is 5.82 Å². The molecule has 0 unspecified atom stereocenters. The van der Waals surface area contributed by atoms with E-state index >= 15 is 0 Å². The Morgan fingerprint density at radius 2 is 1.69 bits per heavy atom. The Labute approximate surface area is 167 Å². The first-order valence-corrected chi connectivity index (χ1v) is 9.88. The second-order valence-corrected chi connectivity index (χ2v) is 7.34. The van der Waals surface area contributed by atoms with Gasteiger partial charge in [-0.1, -0.05) is 0 Å². The van der Waals surface area contributed by atoms with E-state index in [1.165, 1.54) is 12.1 Å². The van der Waals surface area contributed by atoms with Gasteiger partial charge in [-0.3, -0.25) is 4.79 Å². The number of nitrogens with zero attached hydrogens (tertiary/aromatic N) is 6. The summed E-state index contributed by atoms with van der Waals surface area (Å²) in [5, 5.41) is 4.65. The Morgan fingerprint density at radius 1 is 0.966 bits per heavy atom. The van der Waals surface area contributed by atoms with Gasteiger partial charge in [0.05, 0.1) is 5.69 Å². The van der Waals surface area contributed by atoms with Crippen molar-refractivity contribution in [1.29, 1.82) is 0 Å². The topological polar surface area (TPSA) is 67.2 Å². The number of aromatic nitrogens is 4. The lowest BCUT2D eigenvalue weighted by Crippen LogP contribution is -2.49. The number of hydrogen-bond donors (Lipinski definition) is 0. The Bertz CT molecular complexity index is 1030. The fourth-order valence-electron chi connectivity index (χ4n) is 4.12. The molecule has 0 N–H and O–H groups in total. The average molecular weight is 392 g/mol. The lowest BCUT2D eigenvalue weighted by molar-refractivity contribution is 0.0738. The van der Waals surface area contributed by atoms with Crippen LogP contribution < -0.4 is 4.90 Å². The minimum absolute atomic E-state index is 0.0300. The molecule has 1 aromatic carbocycles. The quantitative estimate of drug-likeness (QED) is 0.684. The number of halogens is 1. The molecule has 7 nitrogen and oxygen atoms in total. The standard InChI is InChI=1S/C21H21FN6O/c22-15-5-7-16(8-6-15)28-18-4-1-3-17(18)19(25-28)20(29)26-11-13-27(14-12-26)21-23-9-2-10-24-21/h2,5-10H,1,3-4,11-14H2. The minimum Gasteiger partial charge on any atom is -0.337 e. The summed E-state index contributed by atoms with van der Waals surface area (Å²) in [4.78, 5) is 25.8. The predicted molar refractivity (Wildman–Crippen MR) is 106 cm³/mol. The molecular weight excluding hydrogens is 371 g/mol. The van der Waals surface area contributed by atoms with Crippen LogP contribution in [0.2, 0.25) is 0 Å². The van der Waals surface area contributed by atoms with Crippen molar-refractivity contribution in [2.45, 2.75) is 19.3 Å². The summed E-state index contributed by atoms with van der Waals surface area (Å²) < 4.78 is 15.1. The molecule has 0 radical (unpaired) electrons. The smallest absolute Gasteiger partial charge is 0.274 e. The molecular formula is C21H21FN6O. The van der Waals surface area contributed by atoms with Crippen LogP contribution in [0.5, 0.6) is 0 Å². The van der Waals surface area contributed by atoms with Crippen molar-refractivity contribution in [2.75, 3.05) is 31.1 Å². The Balaban J connectivity index is 1.37. The molecule has 2 aromatic heterocycles. The molecule has 8 heteroatoms. The monoisotopic (exact) mass is 392 g/mol. The maximum absolute atomic E-state index is 13.3. The zero-order valence-electron chi connectivity index (χ0n) is 16.0. The third kappa shape index (κ3) is 3.24. The van der Waals surface area contributed by atoms with Crippen molar-refractivity contribution >= 4 is 11.9 Å². The van der Waals surface area contributed by atoms with E-state index < -0.39 is 0 Å². The van der Waals surface area contributed by atoms with E-state index in [9.17, 15) is 9.18 Å². The second kappa shape index (κ2) is 7.27. The Kier molecular flexibility index (Phi) is 4.46. The van der Waals surface area contributed by atoms with E-state index in [0.29, 0.717) is 37.8 Å². The van der Waals surface area contributed by atoms with Gasteiger partial charge in [-0.2, -0.15) is 5.10 Å². The minimum atomic E-state index is -0.283. The fourth-order valence-corrected chi connectivity index (χ4v) is 4.12. The van der Waals surface area contributed by atoms with Crippen LogP contribution >= 0.6 is 0 Å². The molecule has 5 rings (SSSR count). The summed E-state index contributed by atoms with van der Waals surface area (Å²) in [6, 6.07) is 8.04. The maximum Gasteiger partial charge on any atom is 0.274 e. The molecule has 1 saturated heterocycles. The van der Waals surface area contributed by atoms with Crippen molar-refractivity contribution < 1.29 is 9.18 Å². The summed E-state index contributed by atoms with van der Waals surface area (Å²) in [6.45, 7) is 2.60. The number of carbonyl (C=O) groups is 1. The van der Waals surface area contributed by atoms with E-state index in [2.05, 4.69) is 20.0 Å². The van der Waals surface area contributed by atoms with Crippen molar-refractivity contribution in [3.05, 3.63) is 65.5 Å². The van der Waals surface area contributed by atoms with Crippen LogP contribution in [0.15, 0.2) is 42.7 Å². The number of amides is 1. The van der Waals surface area contributed by atoms with E-state index in [1.54, 1.807) is 30.6 Å². The highest BCUT2D eigenvalue weighted by Crippen LogP contribution is 2.29. The normalized spacial score (nSPS) is 16.2. The number of fused-ring (bicyclic) bond motifs is 1.